The first-order chi connectivity index (χ1) is 8.55. The van der Waals surface area contributed by atoms with Crippen LogP contribution in [0.2, 0.25) is 0 Å². The molecule has 0 aromatic heterocycles. The van der Waals surface area contributed by atoms with Gasteiger partial charge in [0, 0.05) is 5.41 Å². The monoisotopic (exact) mass is 248 g/mol. The summed E-state index contributed by atoms with van der Waals surface area (Å²) in [4.78, 5) is 4.89. The fraction of sp³-hybridized carbons (Fsp3) is 0.625. The van der Waals surface area contributed by atoms with Crippen LogP contribution in [0.3, 0.4) is 0 Å². The van der Waals surface area contributed by atoms with Gasteiger partial charge in [0.15, 0.2) is 0 Å². The second-order valence-electron chi connectivity index (χ2n) is 6.03. The highest BCUT2D eigenvalue weighted by Gasteiger charge is 2.49. The number of fused-ring (bicyclic) bond motifs is 1. The number of hydrogen-bond acceptors (Lipinski definition) is 2. The van der Waals surface area contributed by atoms with E-state index in [-0.39, 0.29) is 11.5 Å². The molecule has 0 saturated heterocycles. The van der Waals surface area contributed by atoms with Gasteiger partial charge in [-0.2, -0.15) is 0 Å². The third-order valence-electron chi connectivity index (χ3n) is 4.73. The van der Waals surface area contributed by atoms with Crippen molar-refractivity contribution in [2.75, 3.05) is 0 Å². The zero-order valence-corrected chi connectivity index (χ0v) is 11.8. The fourth-order valence-corrected chi connectivity index (χ4v) is 4.03. The summed E-state index contributed by atoms with van der Waals surface area (Å²) >= 11 is 0. The van der Waals surface area contributed by atoms with Crippen molar-refractivity contribution in [3.63, 3.8) is 0 Å². The van der Waals surface area contributed by atoms with Gasteiger partial charge < -0.3 is 0 Å². The van der Waals surface area contributed by atoms with Gasteiger partial charge in [0.1, 0.15) is 6.10 Å². The maximum atomic E-state index is 9.35. The van der Waals surface area contributed by atoms with Gasteiger partial charge >= 0.3 is 0 Å². The number of hydrogen-bond donors (Lipinski definition) is 1. The van der Waals surface area contributed by atoms with Gasteiger partial charge in [-0.15, -0.1) is 0 Å². The Kier molecular flexibility index (Phi) is 3.79. The maximum Gasteiger partial charge on any atom is 0.103 e. The Morgan fingerprint density at radius 1 is 1.17 bits per heavy atom. The van der Waals surface area contributed by atoms with Crippen molar-refractivity contribution in [1.82, 2.24) is 0 Å². The Morgan fingerprint density at radius 3 is 2.33 bits per heavy atom. The Morgan fingerprint density at radius 2 is 1.78 bits per heavy atom. The van der Waals surface area contributed by atoms with Crippen molar-refractivity contribution in [1.29, 1.82) is 0 Å². The van der Waals surface area contributed by atoms with E-state index in [4.69, 9.17) is 4.89 Å². The van der Waals surface area contributed by atoms with Crippen molar-refractivity contribution in [2.24, 2.45) is 11.8 Å². The summed E-state index contributed by atoms with van der Waals surface area (Å²) in [5, 5.41) is 9.35. The lowest BCUT2D eigenvalue weighted by Gasteiger charge is -2.49. The molecule has 18 heavy (non-hydrogen) atoms. The van der Waals surface area contributed by atoms with Crippen LogP contribution in [0.4, 0.5) is 0 Å². The van der Waals surface area contributed by atoms with E-state index < -0.39 is 0 Å². The van der Waals surface area contributed by atoms with E-state index >= 15 is 0 Å². The highest BCUT2D eigenvalue weighted by atomic mass is 17.1. The molecule has 0 fully saturated rings. The van der Waals surface area contributed by atoms with Crippen LogP contribution in [0.5, 0.6) is 0 Å². The fourth-order valence-electron chi connectivity index (χ4n) is 4.03. The minimum atomic E-state index is -0.104. The molecule has 0 radical (unpaired) electrons. The molecular weight excluding hydrogens is 224 g/mol. The number of aryl methyl sites for hydroxylation is 1. The van der Waals surface area contributed by atoms with Crippen molar-refractivity contribution >= 4 is 0 Å². The summed E-state index contributed by atoms with van der Waals surface area (Å²) < 4.78 is 0. The van der Waals surface area contributed by atoms with Crippen LogP contribution in [0, 0.1) is 11.8 Å². The molecule has 1 N–H and O–H groups in total. The Balaban J connectivity index is 2.64. The molecule has 1 aromatic carbocycles. The highest BCUT2D eigenvalue weighted by Crippen LogP contribution is 2.49. The second kappa shape index (κ2) is 5.02. The van der Waals surface area contributed by atoms with E-state index in [9.17, 15) is 5.26 Å². The quantitative estimate of drug-likeness (QED) is 0.646. The van der Waals surface area contributed by atoms with Gasteiger partial charge in [-0.25, -0.2) is 4.89 Å². The SMILES string of the molecule is CC(C)C1(C(C)C)c2ccccc2CCC1OO. The molecule has 2 heteroatoms. The normalized spacial score (nSPS) is 22.3. The van der Waals surface area contributed by atoms with Gasteiger partial charge in [0.2, 0.25) is 0 Å². The highest BCUT2D eigenvalue weighted by molar-refractivity contribution is 5.39. The maximum absolute atomic E-state index is 9.35. The minimum Gasteiger partial charge on any atom is -0.252 e. The van der Waals surface area contributed by atoms with Crippen LogP contribution in [0.1, 0.15) is 45.2 Å². The van der Waals surface area contributed by atoms with E-state index in [0.717, 1.165) is 12.8 Å². The van der Waals surface area contributed by atoms with E-state index in [1.807, 2.05) is 0 Å². The van der Waals surface area contributed by atoms with Gasteiger partial charge in [-0.3, -0.25) is 5.26 Å². The summed E-state index contributed by atoms with van der Waals surface area (Å²) in [6.07, 6.45) is 1.78. The topological polar surface area (TPSA) is 29.5 Å². The van der Waals surface area contributed by atoms with Gasteiger partial charge in [-0.1, -0.05) is 52.0 Å². The molecule has 0 heterocycles. The molecule has 0 saturated carbocycles. The molecule has 1 aliphatic rings. The average molecular weight is 248 g/mol. The third-order valence-corrected chi connectivity index (χ3v) is 4.73. The molecule has 2 nitrogen and oxygen atoms in total. The zero-order valence-electron chi connectivity index (χ0n) is 11.8. The largest absolute Gasteiger partial charge is 0.252 e. The van der Waals surface area contributed by atoms with Crippen LogP contribution in [-0.2, 0) is 16.7 Å². The standard InChI is InChI=1S/C16H24O2/c1-11(2)16(12(3)4)14-8-6-5-7-13(14)9-10-15(16)18-17/h5-8,11-12,15,17H,9-10H2,1-4H3. The van der Waals surface area contributed by atoms with Crippen LogP contribution in [-0.4, -0.2) is 11.4 Å². The van der Waals surface area contributed by atoms with E-state index in [1.54, 1.807) is 0 Å². The molecule has 0 bridgehead atoms. The molecular formula is C16H24O2. The summed E-state index contributed by atoms with van der Waals surface area (Å²) in [5.74, 6) is 0.854. The number of rotatable bonds is 3. The van der Waals surface area contributed by atoms with Gasteiger partial charge in [0.05, 0.1) is 0 Å². The Hall–Kier alpha value is -0.860. The lowest BCUT2D eigenvalue weighted by molar-refractivity contribution is -0.305. The van der Waals surface area contributed by atoms with Crippen LogP contribution in [0.15, 0.2) is 24.3 Å². The van der Waals surface area contributed by atoms with Crippen molar-refractivity contribution in [2.45, 2.75) is 52.1 Å². The summed E-state index contributed by atoms with van der Waals surface area (Å²) in [7, 11) is 0. The first-order valence-electron chi connectivity index (χ1n) is 6.93. The van der Waals surface area contributed by atoms with Gasteiger partial charge in [-0.05, 0) is 35.8 Å². The van der Waals surface area contributed by atoms with Crippen LogP contribution >= 0.6 is 0 Å². The lowest BCUT2D eigenvalue weighted by Crippen LogP contribution is -2.52. The molecule has 1 aliphatic carbocycles. The van der Waals surface area contributed by atoms with Crippen molar-refractivity contribution < 1.29 is 10.1 Å². The lowest BCUT2D eigenvalue weighted by atomic mass is 9.57. The summed E-state index contributed by atoms with van der Waals surface area (Å²) in [5.41, 5.74) is 2.68. The Labute approximate surface area is 110 Å². The average Bonchev–Trinajstić information content (AvgIpc) is 2.36. The first-order valence-corrected chi connectivity index (χ1v) is 6.93. The predicted molar refractivity (Wildman–Crippen MR) is 73.6 cm³/mol. The summed E-state index contributed by atoms with van der Waals surface area (Å²) in [6, 6.07) is 8.62. The first kappa shape index (κ1) is 13.6. The summed E-state index contributed by atoms with van der Waals surface area (Å²) in [6.45, 7) is 8.92. The van der Waals surface area contributed by atoms with E-state index in [0.29, 0.717) is 11.8 Å². The molecule has 0 amide bonds. The smallest absolute Gasteiger partial charge is 0.103 e. The molecule has 1 unspecified atom stereocenters. The van der Waals surface area contributed by atoms with E-state index in [2.05, 4.69) is 52.0 Å². The predicted octanol–water partition coefficient (Wildman–Crippen LogP) is 4.04. The van der Waals surface area contributed by atoms with Gasteiger partial charge in [0.25, 0.3) is 0 Å². The van der Waals surface area contributed by atoms with E-state index in [1.165, 1.54) is 11.1 Å². The van der Waals surface area contributed by atoms with Crippen LogP contribution < -0.4 is 0 Å². The Bertz CT molecular complexity index is 401. The zero-order chi connectivity index (χ0) is 13.3. The minimum absolute atomic E-state index is 0.0937. The molecule has 0 spiro atoms. The van der Waals surface area contributed by atoms with Crippen molar-refractivity contribution in [3.05, 3.63) is 35.4 Å². The van der Waals surface area contributed by atoms with Crippen molar-refractivity contribution in [3.8, 4) is 0 Å². The third kappa shape index (κ3) is 1.79. The molecule has 1 aromatic rings. The second-order valence-corrected chi connectivity index (χ2v) is 6.03. The molecule has 2 rings (SSSR count). The number of benzene rings is 1. The molecule has 0 aliphatic heterocycles. The molecule has 1 atom stereocenters. The molecule has 100 valence electrons. The van der Waals surface area contributed by atoms with Crippen LogP contribution in [0.25, 0.3) is 0 Å².